The van der Waals surface area contributed by atoms with Crippen molar-refractivity contribution in [3.05, 3.63) is 88.2 Å². The van der Waals surface area contributed by atoms with E-state index in [1.807, 2.05) is 31.2 Å². The van der Waals surface area contributed by atoms with Gasteiger partial charge in [-0.15, -0.1) is 0 Å². The molecule has 0 radical (unpaired) electrons. The van der Waals surface area contributed by atoms with Crippen molar-refractivity contribution < 1.29 is 19.0 Å². The molecule has 2 aromatic carbocycles. The number of carbonyl (C=O) groups is 1. The third-order valence-electron chi connectivity index (χ3n) is 6.52. The number of hydrogen-bond acceptors (Lipinski definition) is 5. The van der Waals surface area contributed by atoms with Gasteiger partial charge in [-0.3, -0.25) is 4.79 Å². The van der Waals surface area contributed by atoms with Gasteiger partial charge in [-0.2, -0.15) is 0 Å². The molecule has 1 unspecified atom stereocenters. The number of benzene rings is 2. The van der Waals surface area contributed by atoms with E-state index in [2.05, 4.69) is 4.98 Å². The smallest absolute Gasteiger partial charge is 0.411 e. The zero-order chi connectivity index (χ0) is 24.3. The van der Waals surface area contributed by atoms with Crippen LogP contribution in [0.15, 0.2) is 65.7 Å². The van der Waals surface area contributed by atoms with Gasteiger partial charge in [0.1, 0.15) is 11.4 Å². The fourth-order valence-electron chi connectivity index (χ4n) is 4.39. The number of nitrogens with zero attached hydrogens (tertiary/aromatic N) is 3. The van der Waals surface area contributed by atoms with E-state index in [1.165, 1.54) is 29.1 Å². The molecule has 7 nitrogen and oxygen atoms in total. The molecule has 3 aromatic rings. The Morgan fingerprint density at radius 2 is 1.85 bits per heavy atom. The van der Waals surface area contributed by atoms with Gasteiger partial charge in [0.15, 0.2) is 0 Å². The van der Waals surface area contributed by atoms with Crippen molar-refractivity contribution in [1.82, 2.24) is 14.5 Å². The molecule has 1 aliphatic rings. The van der Waals surface area contributed by atoms with Crippen LogP contribution in [0.3, 0.4) is 0 Å². The average molecular weight is 466 g/mol. The maximum Gasteiger partial charge on any atom is 0.411 e. The van der Waals surface area contributed by atoms with Crippen molar-refractivity contribution in [2.45, 2.75) is 37.8 Å². The molecule has 8 heteroatoms. The van der Waals surface area contributed by atoms with Crippen LogP contribution < -0.4 is 5.56 Å². The normalized spacial score (nSPS) is 19.1. The maximum absolute atomic E-state index is 13.5. The Hall–Kier alpha value is -3.52. The van der Waals surface area contributed by atoms with Crippen molar-refractivity contribution in [2.75, 3.05) is 13.2 Å². The van der Waals surface area contributed by atoms with Crippen molar-refractivity contribution >= 4 is 6.09 Å². The van der Waals surface area contributed by atoms with E-state index in [9.17, 15) is 19.1 Å². The van der Waals surface area contributed by atoms with Crippen LogP contribution in [0.25, 0.3) is 11.3 Å². The third kappa shape index (κ3) is 4.72. The van der Waals surface area contributed by atoms with Crippen LogP contribution in [-0.2, 0) is 17.4 Å². The monoisotopic (exact) mass is 465 g/mol. The zero-order valence-corrected chi connectivity index (χ0v) is 19.3. The summed E-state index contributed by atoms with van der Waals surface area (Å²) >= 11 is 0. The van der Waals surface area contributed by atoms with E-state index in [4.69, 9.17) is 4.74 Å². The SMILES string of the molecule is C[C@@H](c1ccc(-c2cc(=O)n(C)cn2)cc1)N1CCC(CCCO)(c2ccc(F)cc2)OC1=O. The summed E-state index contributed by atoms with van der Waals surface area (Å²) in [6.07, 6.45) is 2.50. The van der Waals surface area contributed by atoms with E-state index in [0.717, 1.165) is 16.7 Å². The standard InChI is InChI=1S/C26H28FN3O4/c1-18(19-4-6-20(7-5-19)23-16-24(32)29(2)17-28-23)30-14-13-26(12-3-15-31,34-25(30)33)21-8-10-22(27)11-9-21/h4-11,16-18,31H,3,12-15H2,1-2H3/t18-,26?/m0/s1. The quantitative estimate of drug-likeness (QED) is 0.567. The van der Waals surface area contributed by atoms with Crippen LogP contribution in [-0.4, -0.2) is 38.8 Å². The Morgan fingerprint density at radius 3 is 2.47 bits per heavy atom. The van der Waals surface area contributed by atoms with Gasteiger partial charge in [-0.1, -0.05) is 36.4 Å². The molecule has 0 aliphatic carbocycles. The summed E-state index contributed by atoms with van der Waals surface area (Å²) in [5.41, 5.74) is 2.04. The third-order valence-corrected chi connectivity index (χ3v) is 6.52. The molecule has 0 spiro atoms. The second-order valence-electron chi connectivity index (χ2n) is 8.66. The van der Waals surface area contributed by atoms with Crippen LogP contribution in [0.5, 0.6) is 0 Å². The topological polar surface area (TPSA) is 84.7 Å². The fraction of sp³-hybridized carbons (Fsp3) is 0.346. The molecular formula is C26H28FN3O4. The van der Waals surface area contributed by atoms with Crippen LogP contribution in [0, 0.1) is 5.82 Å². The number of aliphatic hydroxyl groups is 1. The Morgan fingerprint density at radius 1 is 1.15 bits per heavy atom. The zero-order valence-electron chi connectivity index (χ0n) is 19.3. The average Bonchev–Trinajstić information content (AvgIpc) is 2.84. The lowest BCUT2D eigenvalue weighted by Crippen LogP contribution is -2.48. The molecule has 1 aliphatic heterocycles. The molecule has 178 valence electrons. The highest BCUT2D eigenvalue weighted by atomic mass is 19.1. The largest absolute Gasteiger partial charge is 0.438 e. The van der Waals surface area contributed by atoms with Gasteiger partial charge < -0.3 is 19.3 Å². The van der Waals surface area contributed by atoms with Gasteiger partial charge in [0.25, 0.3) is 5.56 Å². The highest BCUT2D eigenvalue weighted by molar-refractivity contribution is 5.70. The first-order valence-corrected chi connectivity index (χ1v) is 11.3. The highest BCUT2D eigenvalue weighted by Crippen LogP contribution is 2.40. The summed E-state index contributed by atoms with van der Waals surface area (Å²) in [7, 11) is 1.65. The first-order chi connectivity index (χ1) is 16.3. The van der Waals surface area contributed by atoms with Gasteiger partial charge in [0, 0.05) is 38.2 Å². The molecule has 1 fully saturated rings. The lowest BCUT2D eigenvalue weighted by molar-refractivity contribution is -0.0680. The van der Waals surface area contributed by atoms with Gasteiger partial charge >= 0.3 is 6.09 Å². The minimum absolute atomic E-state index is 0.0185. The second kappa shape index (κ2) is 9.77. The van der Waals surface area contributed by atoms with Crippen molar-refractivity contribution in [3.63, 3.8) is 0 Å². The van der Waals surface area contributed by atoms with E-state index in [0.29, 0.717) is 31.5 Å². The number of aryl methyl sites for hydroxylation is 1. The predicted molar refractivity (Wildman–Crippen MR) is 126 cm³/mol. The van der Waals surface area contributed by atoms with E-state index < -0.39 is 11.7 Å². The molecule has 2 heterocycles. The van der Waals surface area contributed by atoms with Gasteiger partial charge in [-0.25, -0.2) is 14.2 Å². The summed E-state index contributed by atoms with van der Waals surface area (Å²) in [5.74, 6) is -0.354. The molecule has 1 N–H and O–H groups in total. The number of halogens is 1. The summed E-state index contributed by atoms with van der Waals surface area (Å²) in [6.45, 7) is 2.38. The summed E-state index contributed by atoms with van der Waals surface area (Å²) < 4.78 is 20.9. The maximum atomic E-state index is 13.5. The van der Waals surface area contributed by atoms with Gasteiger partial charge in [0.05, 0.1) is 18.1 Å². The number of aliphatic hydroxyl groups excluding tert-OH is 1. The highest BCUT2D eigenvalue weighted by Gasteiger charge is 2.43. The number of rotatable bonds is 7. The minimum Gasteiger partial charge on any atom is -0.438 e. The lowest BCUT2D eigenvalue weighted by atomic mass is 9.84. The van der Waals surface area contributed by atoms with Gasteiger partial charge in [-0.05, 0) is 43.0 Å². The van der Waals surface area contributed by atoms with Crippen LogP contribution in [0.4, 0.5) is 9.18 Å². The lowest BCUT2D eigenvalue weighted by Gasteiger charge is -2.43. The van der Waals surface area contributed by atoms with E-state index in [-0.39, 0.29) is 24.0 Å². The molecule has 2 atom stereocenters. The summed E-state index contributed by atoms with van der Waals surface area (Å²) in [5, 5.41) is 9.36. The van der Waals surface area contributed by atoms with Crippen molar-refractivity contribution in [3.8, 4) is 11.3 Å². The number of aromatic nitrogens is 2. The molecule has 1 saturated heterocycles. The Bertz CT molecular complexity index is 1210. The molecule has 1 amide bonds. The summed E-state index contributed by atoms with van der Waals surface area (Å²) in [6, 6.07) is 14.9. The van der Waals surface area contributed by atoms with Gasteiger partial charge in [0.2, 0.25) is 0 Å². The second-order valence-corrected chi connectivity index (χ2v) is 8.66. The van der Waals surface area contributed by atoms with Crippen LogP contribution in [0.1, 0.15) is 43.4 Å². The first kappa shape index (κ1) is 23.6. The van der Waals surface area contributed by atoms with Crippen molar-refractivity contribution in [2.24, 2.45) is 7.05 Å². The molecule has 4 rings (SSSR count). The first-order valence-electron chi connectivity index (χ1n) is 11.3. The Kier molecular flexibility index (Phi) is 6.79. The molecule has 0 saturated carbocycles. The van der Waals surface area contributed by atoms with Crippen LogP contribution in [0.2, 0.25) is 0 Å². The van der Waals surface area contributed by atoms with Crippen LogP contribution >= 0.6 is 0 Å². The number of ether oxygens (including phenoxy) is 1. The predicted octanol–water partition coefficient (Wildman–Crippen LogP) is 4.16. The summed E-state index contributed by atoms with van der Waals surface area (Å²) in [4.78, 5) is 31.0. The van der Waals surface area contributed by atoms with E-state index in [1.54, 1.807) is 24.1 Å². The molecule has 0 bridgehead atoms. The number of hydrogen-bond donors (Lipinski definition) is 1. The molecular weight excluding hydrogens is 437 g/mol. The fourth-order valence-corrected chi connectivity index (χ4v) is 4.39. The van der Waals surface area contributed by atoms with Crippen molar-refractivity contribution in [1.29, 1.82) is 0 Å². The molecule has 34 heavy (non-hydrogen) atoms. The van der Waals surface area contributed by atoms with E-state index >= 15 is 0 Å². The molecule has 1 aromatic heterocycles. The Labute approximate surface area is 197 Å². The number of carbonyl (C=O) groups excluding carboxylic acids is 1. The minimum atomic E-state index is -0.890. The Balaban J connectivity index is 1.52. The number of amides is 1. The number of cyclic esters (lactones) is 1.